The first-order valence-corrected chi connectivity index (χ1v) is 9.54. The highest BCUT2D eigenvalue weighted by Gasteiger charge is 2.23. The van der Waals surface area contributed by atoms with Crippen molar-refractivity contribution in [1.29, 1.82) is 0 Å². The molecule has 1 fully saturated rings. The summed E-state index contributed by atoms with van der Waals surface area (Å²) < 4.78 is 6.78. The number of halogens is 1. The van der Waals surface area contributed by atoms with Gasteiger partial charge in [0.05, 0.1) is 28.6 Å². The van der Waals surface area contributed by atoms with Crippen molar-refractivity contribution in [2.75, 3.05) is 23.7 Å². The minimum atomic E-state index is -0.349. The number of amides is 2. The molecule has 2 aromatic heterocycles. The van der Waals surface area contributed by atoms with Gasteiger partial charge in [0.15, 0.2) is 0 Å². The molecular weight excluding hydrogens is 380 g/mol. The molecule has 0 bridgehead atoms. The Hall–Kier alpha value is -2.84. The molecule has 146 valence electrons. The van der Waals surface area contributed by atoms with Crippen molar-refractivity contribution in [2.45, 2.75) is 25.4 Å². The van der Waals surface area contributed by atoms with E-state index >= 15 is 0 Å². The van der Waals surface area contributed by atoms with E-state index in [2.05, 4.69) is 25.8 Å². The van der Waals surface area contributed by atoms with E-state index in [-0.39, 0.29) is 12.1 Å². The van der Waals surface area contributed by atoms with Crippen LogP contribution in [0, 0.1) is 0 Å². The van der Waals surface area contributed by atoms with Gasteiger partial charge in [-0.3, -0.25) is 10.2 Å². The van der Waals surface area contributed by atoms with Gasteiger partial charge in [-0.05, 0) is 25.0 Å². The highest BCUT2D eigenvalue weighted by molar-refractivity contribution is 6.33. The Bertz CT molecular complexity index is 918. The second-order valence-corrected chi connectivity index (χ2v) is 7.13. The molecule has 1 aliphatic heterocycles. The van der Waals surface area contributed by atoms with Crippen molar-refractivity contribution < 1.29 is 9.32 Å². The van der Waals surface area contributed by atoms with Gasteiger partial charge in [0, 0.05) is 31.8 Å². The average Bonchev–Trinajstić information content (AvgIpc) is 3.36. The summed E-state index contributed by atoms with van der Waals surface area (Å²) in [6.45, 7) is 2.65. The smallest absolute Gasteiger partial charge is 0.324 e. The number of nitrogens with one attached hydrogen (secondary N) is 2. The molecular formula is C19H21ClN6O2. The van der Waals surface area contributed by atoms with Crippen LogP contribution >= 0.6 is 11.6 Å². The van der Waals surface area contributed by atoms with Crippen molar-refractivity contribution >= 4 is 29.1 Å². The zero-order valence-corrected chi connectivity index (χ0v) is 16.0. The summed E-state index contributed by atoms with van der Waals surface area (Å²) in [5.74, 6) is 0.666. The van der Waals surface area contributed by atoms with Gasteiger partial charge in [-0.2, -0.15) is 5.10 Å². The molecule has 0 radical (unpaired) electrons. The zero-order chi connectivity index (χ0) is 19.3. The molecule has 9 heteroatoms. The third kappa shape index (κ3) is 4.35. The summed E-state index contributed by atoms with van der Waals surface area (Å²) in [6, 6.07) is 10.7. The molecule has 2 N–H and O–H groups in total. The Balaban J connectivity index is 1.34. The van der Waals surface area contributed by atoms with Crippen LogP contribution in [0.5, 0.6) is 0 Å². The van der Waals surface area contributed by atoms with Gasteiger partial charge in [-0.25, -0.2) is 9.48 Å². The van der Waals surface area contributed by atoms with Crippen LogP contribution in [0.25, 0.3) is 0 Å². The van der Waals surface area contributed by atoms with E-state index in [4.69, 9.17) is 16.1 Å². The number of carbonyl (C=O) groups is 1. The van der Waals surface area contributed by atoms with E-state index in [1.54, 1.807) is 30.7 Å². The standard InChI is InChI=1S/C19H21ClN6O2/c20-16-3-1-2-4-17(16)22-19(27)23-18-5-9-21-26(18)15-6-10-25(11-7-15)13-14-8-12-28-24-14/h1-5,8-9,12,15H,6-7,10-11,13H2,(H2,22,23,27). The first-order chi connectivity index (χ1) is 13.7. The number of benzene rings is 1. The molecule has 0 unspecified atom stereocenters. The Labute approximate surface area is 167 Å². The zero-order valence-electron chi connectivity index (χ0n) is 15.2. The second kappa shape index (κ2) is 8.45. The molecule has 1 saturated heterocycles. The van der Waals surface area contributed by atoms with Crippen molar-refractivity contribution in [3.63, 3.8) is 0 Å². The lowest BCUT2D eigenvalue weighted by Gasteiger charge is -2.32. The van der Waals surface area contributed by atoms with Crippen LogP contribution < -0.4 is 10.6 Å². The van der Waals surface area contributed by atoms with E-state index in [1.165, 1.54) is 0 Å². The van der Waals surface area contributed by atoms with Crippen LogP contribution in [-0.2, 0) is 6.54 Å². The fourth-order valence-corrected chi connectivity index (χ4v) is 3.59. The quantitative estimate of drug-likeness (QED) is 0.675. The van der Waals surface area contributed by atoms with E-state index in [9.17, 15) is 4.79 Å². The molecule has 1 aromatic carbocycles. The SMILES string of the molecule is O=C(Nc1ccccc1Cl)Nc1ccnn1C1CCN(Cc2ccon2)CC1. The Kier molecular flexibility index (Phi) is 5.59. The van der Waals surface area contributed by atoms with Crippen LogP contribution in [0.4, 0.5) is 16.3 Å². The van der Waals surface area contributed by atoms with Crippen LogP contribution in [0.3, 0.4) is 0 Å². The summed E-state index contributed by atoms with van der Waals surface area (Å²) in [4.78, 5) is 14.7. The van der Waals surface area contributed by atoms with Gasteiger partial charge in [0.2, 0.25) is 0 Å². The predicted octanol–water partition coefficient (Wildman–Crippen LogP) is 4.01. The lowest BCUT2D eigenvalue weighted by molar-refractivity contribution is 0.170. The lowest BCUT2D eigenvalue weighted by Crippen LogP contribution is -2.35. The number of hydrogen-bond acceptors (Lipinski definition) is 5. The Morgan fingerprint density at radius 2 is 2.00 bits per heavy atom. The number of aromatic nitrogens is 3. The normalized spacial score (nSPS) is 15.5. The number of anilines is 2. The number of carbonyl (C=O) groups excluding carboxylic acids is 1. The van der Waals surface area contributed by atoms with Gasteiger partial charge in [0.1, 0.15) is 12.1 Å². The van der Waals surface area contributed by atoms with E-state index in [0.717, 1.165) is 38.2 Å². The maximum atomic E-state index is 12.4. The molecule has 28 heavy (non-hydrogen) atoms. The maximum absolute atomic E-state index is 12.4. The van der Waals surface area contributed by atoms with Gasteiger partial charge in [0.25, 0.3) is 0 Å². The number of urea groups is 1. The molecule has 3 aromatic rings. The number of rotatable bonds is 5. The number of para-hydroxylation sites is 1. The van der Waals surface area contributed by atoms with Crippen molar-refractivity contribution in [1.82, 2.24) is 19.8 Å². The molecule has 4 rings (SSSR count). The number of piperidine rings is 1. The molecule has 2 amide bonds. The summed E-state index contributed by atoms with van der Waals surface area (Å²) in [5.41, 5.74) is 1.50. The largest absolute Gasteiger partial charge is 0.364 e. The second-order valence-electron chi connectivity index (χ2n) is 6.72. The lowest BCUT2D eigenvalue weighted by atomic mass is 10.1. The minimum absolute atomic E-state index is 0.235. The molecule has 0 saturated carbocycles. The van der Waals surface area contributed by atoms with Crippen LogP contribution in [-0.4, -0.2) is 39.0 Å². The highest BCUT2D eigenvalue weighted by atomic mass is 35.5. The Morgan fingerprint density at radius 1 is 1.18 bits per heavy atom. The fourth-order valence-electron chi connectivity index (χ4n) is 3.41. The molecule has 0 aliphatic carbocycles. The predicted molar refractivity (Wildman–Crippen MR) is 106 cm³/mol. The first-order valence-electron chi connectivity index (χ1n) is 9.17. The summed E-state index contributed by atoms with van der Waals surface area (Å²) in [5, 5.41) is 14.5. The Morgan fingerprint density at radius 3 is 2.75 bits per heavy atom. The summed E-state index contributed by atoms with van der Waals surface area (Å²) in [7, 11) is 0. The van der Waals surface area contributed by atoms with Crippen molar-refractivity contribution in [3.8, 4) is 0 Å². The highest BCUT2D eigenvalue weighted by Crippen LogP contribution is 2.26. The average molecular weight is 401 g/mol. The monoisotopic (exact) mass is 400 g/mol. The van der Waals surface area contributed by atoms with Crippen LogP contribution in [0.2, 0.25) is 5.02 Å². The van der Waals surface area contributed by atoms with E-state index < -0.39 is 0 Å². The van der Waals surface area contributed by atoms with Crippen molar-refractivity contribution in [2.24, 2.45) is 0 Å². The summed E-state index contributed by atoms with van der Waals surface area (Å²) in [6.07, 6.45) is 5.19. The first kappa shape index (κ1) is 18.5. The molecule has 0 atom stereocenters. The molecule has 8 nitrogen and oxygen atoms in total. The van der Waals surface area contributed by atoms with Gasteiger partial charge >= 0.3 is 6.03 Å². The van der Waals surface area contributed by atoms with Gasteiger partial charge < -0.3 is 9.84 Å². The van der Waals surface area contributed by atoms with E-state index in [0.29, 0.717) is 16.5 Å². The third-order valence-electron chi connectivity index (χ3n) is 4.81. The van der Waals surface area contributed by atoms with E-state index in [1.807, 2.05) is 22.9 Å². The van der Waals surface area contributed by atoms with Crippen molar-refractivity contribution in [3.05, 3.63) is 59.6 Å². The molecule has 1 aliphatic rings. The third-order valence-corrected chi connectivity index (χ3v) is 5.14. The fraction of sp³-hybridized carbons (Fsp3) is 0.316. The van der Waals surface area contributed by atoms with Crippen LogP contribution in [0.15, 0.2) is 53.4 Å². The van der Waals surface area contributed by atoms with Gasteiger partial charge in [-0.1, -0.05) is 28.9 Å². The molecule has 3 heterocycles. The van der Waals surface area contributed by atoms with Gasteiger partial charge in [-0.15, -0.1) is 0 Å². The minimum Gasteiger partial charge on any atom is -0.364 e. The maximum Gasteiger partial charge on any atom is 0.324 e. The number of likely N-dealkylation sites (tertiary alicyclic amines) is 1. The summed E-state index contributed by atoms with van der Waals surface area (Å²) >= 11 is 6.09. The molecule has 0 spiro atoms. The van der Waals surface area contributed by atoms with Crippen LogP contribution in [0.1, 0.15) is 24.6 Å². The number of nitrogens with zero attached hydrogens (tertiary/aromatic N) is 4. The topological polar surface area (TPSA) is 88.2 Å². The number of hydrogen-bond donors (Lipinski definition) is 2.